The summed E-state index contributed by atoms with van der Waals surface area (Å²) in [5.41, 5.74) is 8.53. The summed E-state index contributed by atoms with van der Waals surface area (Å²) < 4.78 is 0. The number of aromatic nitrogens is 2. The predicted molar refractivity (Wildman–Crippen MR) is 72.3 cm³/mol. The molecule has 0 saturated heterocycles. The number of hydrogen-bond acceptors (Lipinski definition) is 3. The van der Waals surface area contributed by atoms with Gasteiger partial charge in [-0.15, -0.1) is 0 Å². The third kappa shape index (κ3) is 2.28. The lowest BCUT2D eigenvalue weighted by atomic mass is 9.82. The topological polar surface area (TPSA) is 51.8 Å². The minimum atomic E-state index is 0.160. The largest absolute Gasteiger partial charge is 0.324 e. The summed E-state index contributed by atoms with van der Waals surface area (Å²) in [5, 5.41) is 0. The average Bonchev–Trinajstić information content (AvgIpc) is 2.39. The molecule has 2 aliphatic carbocycles. The van der Waals surface area contributed by atoms with Gasteiger partial charge in [0.05, 0.1) is 0 Å². The molecule has 1 aromatic heterocycles. The van der Waals surface area contributed by atoms with E-state index in [4.69, 9.17) is 10.7 Å². The minimum absolute atomic E-state index is 0.160. The molecule has 2 aliphatic rings. The molecule has 1 aromatic rings. The van der Waals surface area contributed by atoms with Crippen LogP contribution in [-0.4, -0.2) is 9.97 Å². The fraction of sp³-hybridized carbons (Fsp3) is 0.733. The van der Waals surface area contributed by atoms with Crippen molar-refractivity contribution in [2.45, 2.75) is 63.8 Å². The maximum Gasteiger partial charge on any atom is 0.131 e. The summed E-state index contributed by atoms with van der Waals surface area (Å²) in [7, 11) is 0. The predicted octanol–water partition coefficient (Wildman–Crippen LogP) is 3.11. The van der Waals surface area contributed by atoms with Crippen LogP contribution in [0.25, 0.3) is 0 Å². The first kappa shape index (κ1) is 12.1. The lowest BCUT2D eigenvalue weighted by molar-refractivity contribution is 0.334. The molecule has 0 aliphatic heterocycles. The Kier molecular flexibility index (Phi) is 3.33. The van der Waals surface area contributed by atoms with Crippen LogP contribution in [0.2, 0.25) is 0 Å². The van der Waals surface area contributed by atoms with Gasteiger partial charge in [0.1, 0.15) is 5.82 Å². The minimum Gasteiger partial charge on any atom is -0.324 e. The lowest BCUT2D eigenvalue weighted by Gasteiger charge is -2.27. The van der Waals surface area contributed by atoms with E-state index in [1.807, 2.05) is 6.20 Å². The summed E-state index contributed by atoms with van der Waals surface area (Å²) in [6.07, 6.45) is 10.5. The molecular weight excluding hydrogens is 222 g/mol. The Bertz CT molecular complexity index is 430. The van der Waals surface area contributed by atoms with Crippen LogP contribution in [0.15, 0.2) is 6.20 Å². The Morgan fingerprint density at radius 3 is 2.94 bits per heavy atom. The van der Waals surface area contributed by atoms with Gasteiger partial charge in [0.2, 0.25) is 0 Å². The smallest absolute Gasteiger partial charge is 0.131 e. The standard InChI is InChI=1S/C15H23N3/c1-10-4-2-5-11(8-10)15-17-9-12-13(16)6-3-7-14(12)18-15/h9-11,13H,2-8,16H2,1H3. The monoisotopic (exact) mass is 245 g/mol. The second kappa shape index (κ2) is 4.96. The van der Waals surface area contributed by atoms with E-state index in [9.17, 15) is 0 Å². The third-order valence-electron chi connectivity index (χ3n) is 4.55. The van der Waals surface area contributed by atoms with Crippen LogP contribution < -0.4 is 5.73 Å². The van der Waals surface area contributed by atoms with Crippen LogP contribution in [0.5, 0.6) is 0 Å². The van der Waals surface area contributed by atoms with Gasteiger partial charge in [-0.2, -0.15) is 0 Å². The maximum atomic E-state index is 6.12. The Morgan fingerprint density at radius 2 is 2.11 bits per heavy atom. The summed E-state index contributed by atoms with van der Waals surface area (Å²) in [4.78, 5) is 9.44. The molecular formula is C15H23N3. The summed E-state index contributed by atoms with van der Waals surface area (Å²) in [6.45, 7) is 2.35. The molecule has 1 saturated carbocycles. The van der Waals surface area contributed by atoms with Crippen molar-refractivity contribution >= 4 is 0 Å². The van der Waals surface area contributed by atoms with Gasteiger partial charge in [0.25, 0.3) is 0 Å². The Balaban J connectivity index is 1.85. The van der Waals surface area contributed by atoms with Crippen molar-refractivity contribution in [1.29, 1.82) is 0 Å². The van der Waals surface area contributed by atoms with Crippen molar-refractivity contribution < 1.29 is 0 Å². The first-order valence-corrected chi connectivity index (χ1v) is 7.35. The maximum absolute atomic E-state index is 6.12. The fourth-order valence-electron chi connectivity index (χ4n) is 3.46. The van der Waals surface area contributed by atoms with Crippen LogP contribution in [0.3, 0.4) is 0 Å². The summed E-state index contributed by atoms with van der Waals surface area (Å²) in [5.74, 6) is 2.48. The summed E-state index contributed by atoms with van der Waals surface area (Å²) in [6, 6.07) is 0.160. The molecule has 0 spiro atoms. The normalized spacial score (nSPS) is 32.0. The van der Waals surface area contributed by atoms with Gasteiger partial charge in [0.15, 0.2) is 0 Å². The van der Waals surface area contributed by atoms with E-state index in [0.29, 0.717) is 5.92 Å². The highest BCUT2D eigenvalue weighted by Gasteiger charge is 2.25. The number of fused-ring (bicyclic) bond motifs is 1. The zero-order valence-electron chi connectivity index (χ0n) is 11.2. The highest BCUT2D eigenvalue weighted by atomic mass is 14.9. The first-order valence-electron chi connectivity index (χ1n) is 7.35. The Hall–Kier alpha value is -0.960. The summed E-state index contributed by atoms with van der Waals surface area (Å²) >= 11 is 0. The molecule has 0 aromatic carbocycles. The zero-order valence-corrected chi connectivity index (χ0v) is 11.2. The van der Waals surface area contributed by atoms with E-state index in [1.54, 1.807) is 0 Å². The van der Waals surface area contributed by atoms with Crippen molar-refractivity contribution in [3.63, 3.8) is 0 Å². The SMILES string of the molecule is CC1CCCC(c2ncc3c(n2)CCCC3N)C1. The molecule has 98 valence electrons. The molecule has 18 heavy (non-hydrogen) atoms. The van der Waals surface area contributed by atoms with Gasteiger partial charge in [-0.3, -0.25) is 0 Å². The second-order valence-electron chi connectivity index (χ2n) is 6.10. The number of aryl methyl sites for hydroxylation is 1. The Morgan fingerprint density at radius 1 is 1.22 bits per heavy atom. The van der Waals surface area contributed by atoms with E-state index in [2.05, 4.69) is 11.9 Å². The van der Waals surface area contributed by atoms with Gasteiger partial charge < -0.3 is 5.73 Å². The molecule has 0 bridgehead atoms. The molecule has 0 radical (unpaired) electrons. The molecule has 2 N–H and O–H groups in total. The van der Waals surface area contributed by atoms with E-state index in [-0.39, 0.29) is 6.04 Å². The number of nitrogens with zero attached hydrogens (tertiary/aromatic N) is 2. The molecule has 3 heteroatoms. The fourth-order valence-corrected chi connectivity index (χ4v) is 3.46. The van der Waals surface area contributed by atoms with Crippen LogP contribution in [0.4, 0.5) is 0 Å². The first-order chi connectivity index (χ1) is 8.74. The molecule has 0 amide bonds. The molecule has 3 unspecified atom stereocenters. The Labute approximate surface area is 109 Å². The van der Waals surface area contributed by atoms with Crippen molar-refractivity contribution in [2.75, 3.05) is 0 Å². The van der Waals surface area contributed by atoms with Gasteiger partial charge in [-0.05, 0) is 38.0 Å². The van der Waals surface area contributed by atoms with Crippen molar-refractivity contribution in [1.82, 2.24) is 9.97 Å². The van der Waals surface area contributed by atoms with Gasteiger partial charge in [-0.25, -0.2) is 9.97 Å². The highest BCUT2D eigenvalue weighted by molar-refractivity contribution is 5.24. The van der Waals surface area contributed by atoms with Gasteiger partial charge >= 0.3 is 0 Å². The second-order valence-corrected chi connectivity index (χ2v) is 6.10. The number of hydrogen-bond donors (Lipinski definition) is 1. The van der Waals surface area contributed by atoms with Crippen LogP contribution in [-0.2, 0) is 6.42 Å². The highest BCUT2D eigenvalue weighted by Crippen LogP contribution is 2.35. The van der Waals surface area contributed by atoms with E-state index < -0.39 is 0 Å². The van der Waals surface area contributed by atoms with Crippen LogP contribution >= 0.6 is 0 Å². The number of rotatable bonds is 1. The third-order valence-corrected chi connectivity index (χ3v) is 4.55. The van der Waals surface area contributed by atoms with Crippen LogP contribution in [0, 0.1) is 5.92 Å². The molecule has 3 nitrogen and oxygen atoms in total. The molecule has 3 atom stereocenters. The zero-order chi connectivity index (χ0) is 12.5. The average molecular weight is 245 g/mol. The number of nitrogens with two attached hydrogens (primary N) is 1. The van der Waals surface area contributed by atoms with Crippen molar-refractivity contribution in [3.8, 4) is 0 Å². The van der Waals surface area contributed by atoms with E-state index in [1.165, 1.54) is 43.4 Å². The van der Waals surface area contributed by atoms with E-state index >= 15 is 0 Å². The molecule has 1 fully saturated rings. The lowest BCUT2D eigenvalue weighted by Crippen LogP contribution is -2.21. The van der Waals surface area contributed by atoms with Gasteiger partial charge in [0, 0.05) is 29.4 Å². The van der Waals surface area contributed by atoms with Crippen molar-refractivity contribution in [3.05, 3.63) is 23.3 Å². The molecule has 3 rings (SSSR count). The van der Waals surface area contributed by atoms with Crippen molar-refractivity contribution in [2.24, 2.45) is 11.7 Å². The molecule has 1 heterocycles. The quantitative estimate of drug-likeness (QED) is 0.827. The van der Waals surface area contributed by atoms with Gasteiger partial charge in [-0.1, -0.05) is 19.8 Å². The van der Waals surface area contributed by atoms with Crippen LogP contribution in [0.1, 0.15) is 74.5 Å². The van der Waals surface area contributed by atoms with E-state index in [0.717, 1.165) is 24.6 Å².